The maximum atomic E-state index is 10.8. The molecule has 0 unspecified atom stereocenters. The molecule has 0 aromatic carbocycles. The summed E-state index contributed by atoms with van der Waals surface area (Å²) in [6.07, 6.45) is -12.7. The molecule has 2 aliphatic heterocycles. The molecule has 2 aromatic rings. The van der Waals surface area contributed by atoms with Gasteiger partial charge in [0.05, 0.1) is 31.3 Å². The Balaban J connectivity index is 1.51. The first-order valence-electron chi connectivity index (χ1n) is 11.3. The number of nitrogens with one attached hydrogen (secondary N) is 2. The average molecular weight is 527 g/mol. The maximum absolute atomic E-state index is 10.8. The van der Waals surface area contributed by atoms with Gasteiger partial charge in [-0.25, -0.2) is 0 Å². The van der Waals surface area contributed by atoms with Crippen LogP contribution in [0.25, 0.3) is 11.0 Å². The van der Waals surface area contributed by atoms with Gasteiger partial charge < -0.3 is 64.6 Å². The SMILES string of the molecule is COc1nc(N[C@@H]2O[C@H](CO)[C@@H](O[C@@H]3O[C@H](CO)[C@@H](OC)[C@H](O)[C@H]3O)[C@H](O)[C@H]2O)nc2[nH]cc(C#N)c12. The van der Waals surface area contributed by atoms with Crippen LogP contribution in [0.2, 0.25) is 0 Å². The van der Waals surface area contributed by atoms with Gasteiger partial charge in [0.1, 0.15) is 60.5 Å². The first-order chi connectivity index (χ1) is 17.8. The minimum atomic E-state index is -1.68. The van der Waals surface area contributed by atoms with Crippen molar-refractivity contribution >= 4 is 17.0 Å². The Labute approximate surface area is 209 Å². The van der Waals surface area contributed by atoms with Gasteiger partial charge in [-0.2, -0.15) is 15.2 Å². The van der Waals surface area contributed by atoms with E-state index in [2.05, 4.69) is 20.3 Å². The molecule has 0 radical (unpaired) electrons. The van der Waals surface area contributed by atoms with Gasteiger partial charge in [0, 0.05) is 13.3 Å². The maximum Gasteiger partial charge on any atom is 0.230 e. The zero-order valence-corrected chi connectivity index (χ0v) is 19.8. The molecule has 2 aromatic heterocycles. The van der Waals surface area contributed by atoms with Gasteiger partial charge in [-0.05, 0) is 0 Å². The second-order valence-electron chi connectivity index (χ2n) is 8.51. The quantitative estimate of drug-likeness (QED) is 0.166. The number of rotatable bonds is 8. The molecule has 2 fully saturated rings. The van der Waals surface area contributed by atoms with Crippen molar-refractivity contribution in [2.45, 2.75) is 61.3 Å². The standard InChI is InChI=1S/C21H29N5O11/c1-33-15-8(5-27)36-20(14(32)12(15)30)37-16-9(6-28)35-19(13(31)11(16)29)26-21-24-17-10(18(25-21)34-2)7(3-22)4-23-17/h4,8-9,11-16,19-20,27-32H,5-6H2,1-2H3,(H2,23,24,25,26)/t8-,9-,11-,12-,13-,14-,15-,16-,19-,20+/m1/s1. The van der Waals surface area contributed by atoms with E-state index >= 15 is 0 Å². The number of aliphatic hydroxyl groups is 6. The van der Waals surface area contributed by atoms with Crippen LogP contribution in [0, 0.1) is 11.3 Å². The molecule has 0 amide bonds. The topological polar surface area (TPSA) is 245 Å². The van der Waals surface area contributed by atoms with Crippen LogP contribution in [0.4, 0.5) is 5.95 Å². The summed E-state index contributed by atoms with van der Waals surface area (Å²) in [5.74, 6) is -0.000546. The lowest BCUT2D eigenvalue weighted by atomic mass is 9.96. The lowest BCUT2D eigenvalue weighted by Gasteiger charge is -2.46. The van der Waals surface area contributed by atoms with Crippen molar-refractivity contribution < 1.29 is 54.3 Å². The van der Waals surface area contributed by atoms with Crippen LogP contribution in [-0.2, 0) is 18.9 Å². The number of ether oxygens (including phenoxy) is 5. The summed E-state index contributed by atoms with van der Waals surface area (Å²) in [4.78, 5) is 11.2. The molecule has 16 heteroatoms. The monoisotopic (exact) mass is 527 g/mol. The van der Waals surface area contributed by atoms with Crippen molar-refractivity contribution in [2.24, 2.45) is 0 Å². The summed E-state index contributed by atoms with van der Waals surface area (Å²) in [6, 6.07) is 1.99. The molecular weight excluding hydrogens is 498 g/mol. The fraction of sp³-hybridized carbons (Fsp3) is 0.667. The van der Waals surface area contributed by atoms with E-state index in [4.69, 9.17) is 23.7 Å². The number of H-pyrrole nitrogens is 1. The number of nitrogens with zero attached hydrogens (tertiary/aromatic N) is 3. The molecule has 37 heavy (non-hydrogen) atoms. The van der Waals surface area contributed by atoms with Gasteiger partial charge in [0.15, 0.2) is 12.5 Å². The fourth-order valence-corrected chi connectivity index (χ4v) is 4.41. The van der Waals surface area contributed by atoms with E-state index in [0.717, 1.165) is 0 Å². The molecule has 4 heterocycles. The molecule has 0 aliphatic carbocycles. The van der Waals surface area contributed by atoms with E-state index in [1.54, 1.807) is 0 Å². The second kappa shape index (κ2) is 11.4. The Bertz CT molecular complexity index is 1110. The third kappa shape index (κ3) is 5.06. The fourth-order valence-electron chi connectivity index (χ4n) is 4.41. The summed E-state index contributed by atoms with van der Waals surface area (Å²) in [6.45, 7) is -1.23. The molecule has 10 atom stereocenters. The van der Waals surface area contributed by atoms with Crippen molar-refractivity contribution in [3.8, 4) is 11.9 Å². The van der Waals surface area contributed by atoms with Crippen LogP contribution >= 0.6 is 0 Å². The van der Waals surface area contributed by atoms with Gasteiger partial charge in [0.25, 0.3) is 0 Å². The zero-order valence-electron chi connectivity index (χ0n) is 19.8. The summed E-state index contributed by atoms with van der Waals surface area (Å²) in [5, 5.41) is 74.1. The van der Waals surface area contributed by atoms with E-state index in [1.165, 1.54) is 20.4 Å². The molecule has 0 bridgehead atoms. The van der Waals surface area contributed by atoms with Crippen LogP contribution in [0.5, 0.6) is 5.88 Å². The van der Waals surface area contributed by atoms with E-state index < -0.39 is 74.6 Å². The smallest absolute Gasteiger partial charge is 0.230 e. The van der Waals surface area contributed by atoms with Crippen LogP contribution < -0.4 is 10.1 Å². The number of fused-ring (bicyclic) bond motifs is 1. The number of methoxy groups -OCH3 is 2. The van der Waals surface area contributed by atoms with Gasteiger partial charge in [-0.1, -0.05) is 0 Å². The predicted molar refractivity (Wildman–Crippen MR) is 120 cm³/mol. The number of aromatic nitrogens is 3. The highest BCUT2D eigenvalue weighted by molar-refractivity contribution is 5.88. The van der Waals surface area contributed by atoms with Crippen LogP contribution in [0.3, 0.4) is 0 Å². The Morgan fingerprint density at radius 1 is 1.00 bits per heavy atom. The molecule has 2 aliphatic rings. The van der Waals surface area contributed by atoms with E-state index in [-0.39, 0.29) is 23.0 Å². The summed E-state index contributed by atoms with van der Waals surface area (Å²) >= 11 is 0. The minimum absolute atomic E-state index is 0.0749. The molecule has 2 saturated heterocycles. The van der Waals surface area contributed by atoms with Crippen molar-refractivity contribution in [2.75, 3.05) is 32.8 Å². The number of aromatic amines is 1. The number of hydrogen-bond donors (Lipinski definition) is 8. The highest BCUT2D eigenvalue weighted by Crippen LogP contribution is 2.31. The number of aliphatic hydroxyl groups excluding tert-OH is 6. The molecule has 0 spiro atoms. The Kier molecular flexibility index (Phi) is 8.40. The largest absolute Gasteiger partial charge is 0.480 e. The van der Waals surface area contributed by atoms with Crippen LogP contribution in [0.15, 0.2) is 6.20 Å². The average Bonchev–Trinajstić information content (AvgIpc) is 3.33. The summed E-state index contributed by atoms with van der Waals surface area (Å²) in [5.41, 5.74) is 0.534. The van der Waals surface area contributed by atoms with Crippen LogP contribution in [-0.4, -0.2) is 134 Å². The number of hydrogen-bond acceptors (Lipinski definition) is 15. The molecule has 4 rings (SSSR count). The van der Waals surface area contributed by atoms with Crippen LogP contribution in [0.1, 0.15) is 5.56 Å². The number of nitriles is 1. The lowest BCUT2D eigenvalue weighted by molar-refractivity contribution is -0.342. The highest BCUT2D eigenvalue weighted by atomic mass is 16.7. The zero-order chi connectivity index (χ0) is 26.9. The highest BCUT2D eigenvalue weighted by Gasteiger charge is 2.51. The van der Waals surface area contributed by atoms with Crippen molar-refractivity contribution in [1.29, 1.82) is 5.26 Å². The summed E-state index contributed by atoms with van der Waals surface area (Å²) in [7, 11) is 2.63. The van der Waals surface area contributed by atoms with E-state index in [0.29, 0.717) is 5.39 Å². The third-order valence-electron chi connectivity index (χ3n) is 6.33. The summed E-state index contributed by atoms with van der Waals surface area (Å²) < 4.78 is 27.1. The van der Waals surface area contributed by atoms with Gasteiger partial charge in [-0.3, -0.25) is 0 Å². The van der Waals surface area contributed by atoms with Gasteiger partial charge in [0.2, 0.25) is 11.8 Å². The number of anilines is 1. The molecule has 204 valence electrons. The Morgan fingerprint density at radius 3 is 2.30 bits per heavy atom. The molecule has 0 saturated carbocycles. The predicted octanol–water partition coefficient (Wildman–Crippen LogP) is -3.47. The first kappa shape index (κ1) is 27.3. The Hall–Kier alpha value is -2.69. The van der Waals surface area contributed by atoms with Crippen molar-refractivity contribution in [3.05, 3.63) is 11.8 Å². The van der Waals surface area contributed by atoms with Gasteiger partial charge in [-0.15, -0.1) is 0 Å². The van der Waals surface area contributed by atoms with E-state index in [9.17, 15) is 35.9 Å². The lowest BCUT2D eigenvalue weighted by Crippen LogP contribution is -2.65. The van der Waals surface area contributed by atoms with Gasteiger partial charge >= 0.3 is 0 Å². The Morgan fingerprint density at radius 2 is 1.68 bits per heavy atom. The van der Waals surface area contributed by atoms with Crippen molar-refractivity contribution in [1.82, 2.24) is 15.0 Å². The first-order valence-corrected chi connectivity index (χ1v) is 11.3. The molecule has 16 nitrogen and oxygen atoms in total. The normalized spacial score (nSPS) is 36.3. The van der Waals surface area contributed by atoms with E-state index in [1.807, 2.05) is 6.07 Å². The third-order valence-corrected chi connectivity index (χ3v) is 6.33. The minimum Gasteiger partial charge on any atom is -0.480 e. The second-order valence-corrected chi connectivity index (χ2v) is 8.51. The molecular formula is C21H29N5O11. The van der Waals surface area contributed by atoms with Crippen molar-refractivity contribution in [3.63, 3.8) is 0 Å². The molecule has 8 N–H and O–H groups in total.